The Balaban J connectivity index is 2.18. The molecule has 2 aromatic rings. The van der Waals surface area contributed by atoms with Gasteiger partial charge in [0, 0.05) is 6.42 Å². The Morgan fingerprint density at radius 2 is 2.35 bits per heavy atom. The Bertz CT molecular complexity index is 818. The molecule has 5 N–H and O–H groups in total. The molecule has 1 aromatic carbocycles. The number of anilines is 2. The Labute approximate surface area is 136 Å². The minimum absolute atomic E-state index is 0.0605. The maximum atomic E-state index is 11.6. The largest absolute Gasteiger partial charge is 0.382 e. The topological polar surface area (TPSA) is 140 Å². The van der Waals surface area contributed by atoms with Crippen molar-refractivity contribution in [1.29, 1.82) is 10.7 Å². The molecule has 0 aliphatic rings. The van der Waals surface area contributed by atoms with Crippen LogP contribution < -0.4 is 16.5 Å². The summed E-state index contributed by atoms with van der Waals surface area (Å²) in [5.41, 5.74) is 9.08. The van der Waals surface area contributed by atoms with Gasteiger partial charge in [0.05, 0.1) is 15.9 Å². The number of amidine groups is 1. The third-order valence-electron chi connectivity index (χ3n) is 2.77. The molecule has 0 spiro atoms. The molecule has 0 fully saturated rings. The summed E-state index contributed by atoms with van der Waals surface area (Å²) in [5, 5.41) is 23.0. The normalized spacial score (nSPS) is 11.0. The molecule has 8 nitrogen and oxygen atoms in total. The molecule has 0 saturated heterocycles. The fraction of sp³-hybridized carbons (Fsp3) is 0.214. The van der Waals surface area contributed by atoms with Crippen molar-refractivity contribution >= 4 is 49.8 Å². The number of carbonyl (C=O) groups is 1. The molecular formula is C14H15N7OS. The summed E-state index contributed by atoms with van der Waals surface area (Å²) in [7, 11) is 0. The summed E-state index contributed by atoms with van der Waals surface area (Å²) in [4.78, 5) is 15.9. The highest BCUT2D eigenvalue weighted by molar-refractivity contribution is 7.22. The molecule has 1 aromatic heterocycles. The first kappa shape index (κ1) is 16.4. The third-order valence-corrected chi connectivity index (χ3v) is 3.70. The average molecular weight is 329 g/mol. The number of thiazole rings is 1. The van der Waals surface area contributed by atoms with Crippen LogP contribution in [0.15, 0.2) is 23.3 Å². The molecule has 0 radical (unpaired) electrons. The van der Waals surface area contributed by atoms with E-state index in [1.165, 1.54) is 11.3 Å². The third kappa shape index (κ3) is 4.24. The molecule has 2 rings (SSSR count). The lowest BCUT2D eigenvalue weighted by atomic mass is 10.3. The average Bonchev–Trinajstić information content (AvgIpc) is 2.89. The molecule has 0 aliphatic heterocycles. The second-order valence-electron chi connectivity index (χ2n) is 4.60. The van der Waals surface area contributed by atoms with Crippen molar-refractivity contribution in [2.24, 2.45) is 10.8 Å². The molecule has 0 unspecified atom stereocenters. The van der Waals surface area contributed by atoms with Crippen LogP contribution in [0.25, 0.3) is 10.2 Å². The van der Waals surface area contributed by atoms with Gasteiger partial charge in [0.25, 0.3) is 0 Å². The van der Waals surface area contributed by atoms with Gasteiger partial charge in [0.1, 0.15) is 6.07 Å². The van der Waals surface area contributed by atoms with E-state index in [4.69, 9.17) is 16.4 Å². The van der Waals surface area contributed by atoms with E-state index in [1.807, 2.05) is 6.92 Å². The van der Waals surface area contributed by atoms with Gasteiger partial charge in [-0.1, -0.05) is 18.3 Å². The molecule has 1 amide bonds. The summed E-state index contributed by atoms with van der Waals surface area (Å²) in [5.74, 6) is -0.464. The Hall–Kier alpha value is -2.99. The van der Waals surface area contributed by atoms with Gasteiger partial charge in [-0.2, -0.15) is 10.4 Å². The van der Waals surface area contributed by atoms with Gasteiger partial charge in [0.15, 0.2) is 11.0 Å². The zero-order valence-corrected chi connectivity index (χ0v) is 13.2. The van der Waals surface area contributed by atoms with Crippen molar-refractivity contribution in [3.8, 4) is 6.07 Å². The van der Waals surface area contributed by atoms with E-state index in [0.717, 1.165) is 16.6 Å². The summed E-state index contributed by atoms with van der Waals surface area (Å²) >= 11 is 1.35. The van der Waals surface area contributed by atoms with Crippen molar-refractivity contribution in [2.45, 2.75) is 19.8 Å². The molecule has 0 saturated carbocycles. The fourth-order valence-corrected chi connectivity index (χ4v) is 2.64. The highest BCUT2D eigenvalue weighted by Crippen LogP contribution is 2.28. The number of carbonyl (C=O) groups excluding carboxylic acids is 1. The maximum Gasteiger partial charge on any atom is 0.226 e. The van der Waals surface area contributed by atoms with Crippen LogP contribution in [0, 0.1) is 16.7 Å². The zero-order valence-electron chi connectivity index (χ0n) is 12.4. The Morgan fingerprint density at radius 1 is 1.57 bits per heavy atom. The zero-order chi connectivity index (χ0) is 16.8. The second-order valence-corrected chi connectivity index (χ2v) is 5.63. The Kier molecular flexibility index (Phi) is 5.22. The van der Waals surface area contributed by atoms with Gasteiger partial charge >= 0.3 is 0 Å². The van der Waals surface area contributed by atoms with Crippen molar-refractivity contribution in [1.82, 2.24) is 4.98 Å². The lowest BCUT2D eigenvalue weighted by Gasteiger charge is -2.00. The standard InChI is InChI=1S/C14H15N7OS/c1-2-3-12(22)19-14-18-9-5-4-8(6-11(9)23-14)20-21-10(7-15)13(16)17/h4-6,20H,2-3H2,1H3,(H3,16,17)(H,18,19,22)/b21-10+. The lowest BCUT2D eigenvalue weighted by molar-refractivity contribution is -0.116. The van der Waals surface area contributed by atoms with Crippen LogP contribution in [0.1, 0.15) is 19.8 Å². The highest BCUT2D eigenvalue weighted by Gasteiger charge is 2.08. The van der Waals surface area contributed by atoms with Crippen LogP contribution in [-0.4, -0.2) is 22.4 Å². The maximum absolute atomic E-state index is 11.6. The number of hydrazone groups is 1. The summed E-state index contributed by atoms with van der Waals surface area (Å²) in [6, 6.07) is 7.03. The number of aromatic nitrogens is 1. The smallest absolute Gasteiger partial charge is 0.226 e. The summed E-state index contributed by atoms with van der Waals surface area (Å²) < 4.78 is 0.860. The van der Waals surface area contributed by atoms with Gasteiger partial charge in [-0.05, 0) is 24.6 Å². The predicted octanol–water partition coefficient (Wildman–Crippen LogP) is 2.26. The lowest BCUT2D eigenvalue weighted by Crippen LogP contribution is -2.21. The Morgan fingerprint density at radius 3 is 3.00 bits per heavy atom. The van der Waals surface area contributed by atoms with E-state index in [9.17, 15) is 4.79 Å². The molecular weight excluding hydrogens is 314 g/mol. The van der Waals surface area contributed by atoms with Gasteiger partial charge in [-0.3, -0.25) is 15.6 Å². The van der Waals surface area contributed by atoms with E-state index in [-0.39, 0.29) is 11.6 Å². The number of nitrogens with one attached hydrogen (secondary N) is 3. The number of nitriles is 1. The molecule has 23 heavy (non-hydrogen) atoms. The van der Waals surface area contributed by atoms with Crippen LogP contribution in [0.4, 0.5) is 10.8 Å². The molecule has 0 bridgehead atoms. The first-order chi connectivity index (χ1) is 11.0. The fourth-order valence-electron chi connectivity index (χ4n) is 1.72. The van der Waals surface area contributed by atoms with E-state index in [0.29, 0.717) is 17.2 Å². The number of fused-ring (bicyclic) bond motifs is 1. The summed E-state index contributed by atoms with van der Waals surface area (Å²) in [6.45, 7) is 1.94. The second kappa shape index (κ2) is 7.33. The first-order valence-electron chi connectivity index (χ1n) is 6.82. The predicted molar refractivity (Wildman–Crippen MR) is 91.7 cm³/mol. The van der Waals surface area contributed by atoms with Gasteiger partial charge in [-0.15, -0.1) is 0 Å². The van der Waals surface area contributed by atoms with Crippen molar-refractivity contribution in [3.63, 3.8) is 0 Å². The van der Waals surface area contributed by atoms with Gasteiger partial charge in [-0.25, -0.2) is 4.98 Å². The molecule has 1 heterocycles. The van der Waals surface area contributed by atoms with Crippen molar-refractivity contribution < 1.29 is 4.79 Å². The molecule has 9 heteroatoms. The number of hydrogen-bond donors (Lipinski definition) is 4. The van der Waals surface area contributed by atoms with Crippen LogP contribution in [0.5, 0.6) is 0 Å². The van der Waals surface area contributed by atoms with Crippen molar-refractivity contribution in [3.05, 3.63) is 18.2 Å². The minimum atomic E-state index is -0.403. The van der Waals surface area contributed by atoms with Crippen molar-refractivity contribution in [2.75, 3.05) is 10.7 Å². The quantitative estimate of drug-likeness (QED) is 0.365. The van der Waals surface area contributed by atoms with Crippen LogP contribution in [0.3, 0.4) is 0 Å². The van der Waals surface area contributed by atoms with Gasteiger partial charge in [0.2, 0.25) is 11.6 Å². The van der Waals surface area contributed by atoms with E-state index in [1.54, 1.807) is 24.3 Å². The van der Waals surface area contributed by atoms with E-state index in [2.05, 4.69) is 20.8 Å². The number of amides is 1. The monoisotopic (exact) mass is 329 g/mol. The number of benzene rings is 1. The first-order valence-corrected chi connectivity index (χ1v) is 7.63. The summed E-state index contributed by atoms with van der Waals surface area (Å²) in [6.07, 6.45) is 1.24. The van der Waals surface area contributed by atoms with Crippen LogP contribution in [0.2, 0.25) is 0 Å². The number of hydrogen-bond acceptors (Lipinski definition) is 7. The number of nitrogens with zero attached hydrogens (tertiary/aromatic N) is 3. The van der Waals surface area contributed by atoms with Crippen LogP contribution >= 0.6 is 11.3 Å². The molecule has 118 valence electrons. The highest BCUT2D eigenvalue weighted by atomic mass is 32.1. The van der Waals surface area contributed by atoms with E-state index >= 15 is 0 Å². The molecule has 0 aliphatic carbocycles. The number of rotatable bonds is 6. The minimum Gasteiger partial charge on any atom is -0.382 e. The number of nitrogens with two attached hydrogens (primary N) is 1. The molecule has 0 atom stereocenters. The SMILES string of the molecule is CCCC(=O)Nc1nc2ccc(N/N=C(\C#N)C(=N)N)cc2s1. The van der Waals surface area contributed by atoms with E-state index < -0.39 is 5.84 Å². The van der Waals surface area contributed by atoms with Gasteiger partial charge < -0.3 is 11.1 Å². The van der Waals surface area contributed by atoms with Crippen LogP contribution in [-0.2, 0) is 4.79 Å².